The summed E-state index contributed by atoms with van der Waals surface area (Å²) in [7, 11) is 0. The molecule has 0 saturated heterocycles. The molecular weight excluding hydrogens is 290 g/mol. The lowest BCUT2D eigenvalue weighted by Crippen LogP contribution is -1.88. The van der Waals surface area contributed by atoms with E-state index in [0.717, 1.165) is 11.4 Å². The third-order valence-corrected chi connectivity index (χ3v) is 6.29. The van der Waals surface area contributed by atoms with Crippen molar-refractivity contribution in [2.75, 3.05) is 11.5 Å². The van der Waals surface area contributed by atoms with Crippen LogP contribution in [0.15, 0.2) is 21.0 Å². The largest absolute Gasteiger partial charge is 0.390 e. The Morgan fingerprint density at radius 3 is 2.74 bits per heavy atom. The maximum atomic E-state index is 6.25. The Kier molecular flexibility index (Phi) is 5.79. The molecule has 2 rings (SSSR count). The van der Waals surface area contributed by atoms with Crippen LogP contribution in [0.2, 0.25) is 0 Å². The normalized spacial score (nSPS) is 11.1. The molecule has 0 unspecified atom stereocenters. The highest BCUT2D eigenvalue weighted by Gasteiger charge is 2.17. The fraction of sp³-hybridized carbons (Fsp3) is 0.467. The molecule has 104 valence electrons. The van der Waals surface area contributed by atoms with Gasteiger partial charge in [-0.15, -0.1) is 23.1 Å². The number of anilines is 1. The molecule has 2 aromatic heterocycles. The van der Waals surface area contributed by atoms with Crippen LogP contribution in [0, 0.1) is 0 Å². The van der Waals surface area contributed by atoms with Crippen molar-refractivity contribution in [2.45, 2.75) is 43.7 Å². The molecule has 0 atom stereocenters. The highest BCUT2D eigenvalue weighted by Crippen LogP contribution is 2.44. The van der Waals surface area contributed by atoms with E-state index in [1.807, 2.05) is 11.8 Å². The molecule has 0 aliphatic heterocycles. The van der Waals surface area contributed by atoms with Gasteiger partial charge in [0.05, 0.1) is 9.21 Å². The molecule has 0 aromatic carbocycles. The average molecular weight is 312 g/mol. The van der Waals surface area contributed by atoms with Gasteiger partial charge in [0.25, 0.3) is 0 Å². The Bertz CT molecular complexity index is 500. The van der Waals surface area contributed by atoms with E-state index in [4.69, 9.17) is 5.73 Å². The Hall–Kier alpha value is -0.450. The standard InChI is InChI=1S/C15H21NS3/c1-3-5-6-8-18-15-12(4-2)13(14(16)19-15)11-7-9-17-10-11/h7,9-10H,3-6,8,16H2,1-2H3. The minimum absolute atomic E-state index is 0.980. The molecule has 0 fully saturated rings. The van der Waals surface area contributed by atoms with Crippen LogP contribution < -0.4 is 5.73 Å². The molecule has 2 N–H and O–H groups in total. The summed E-state index contributed by atoms with van der Waals surface area (Å²) in [4.78, 5) is 0. The summed E-state index contributed by atoms with van der Waals surface area (Å²) in [5, 5.41) is 5.30. The number of thioether (sulfide) groups is 1. The van der Waals surface area contributed by atoms with Crippen molar-refractivity contribution in [3.63, 3.8) is 0 Å². The fourth-order valence-electron chi connectivity index (χ4n) is 2.14. The minimum atomic E-state index is 0.980. The molecule has 19 heavy (non-hydrogen) atoms. The number of hydrogen-bond acceptors (Lipinski definition) is 4. The van der Waals surface area contributed by atoms with Crippen molar-refractivity contribution >= 4 is 39.4 Å². The molecule has 4 heteroatoms. The second-order valence-corrected chi connectivity index (χ2v) is 7.72. The fourth-order valence-corrected chi connectivity index (χ4v) is 5.41. The van der Waals surface area contributed by atoms with Crippen molar-refractivity contribution in [3.05, 3.63) is 22.4 Å². The first-order valence-electron chi connectivity index (χ1n) is 6.84. The molecule has 0 saturated carbocycles. The molecule has 1 nitrogen and oxygen atoms in total. The Morgan fingerprint density at radius 1 is 1.26 bits per heavy atom. The van der Waals surface area contributed by atoms with Crippen LogP contribution in [0.3, 0.4) is 0 Å². The van der Waals surface area contributed by atoms with Crippen molar-refractivity contribution in [3.8, 4) is 11.1 Å². The second kappa shape index (κ2) is 7.36. The molecule has 2 aromatic rings. The van der Waals surface area contributed by atoms with Gasteiger partial charge in [-0.3, -0.25) is 0 Å². The van der Waals surface area contributed by atoms with Gasteiger partial charge in [0.1, 0.15) is 0 Å². The molecule has 0 spiro atoms. The van der Waals surface area contributed by atoms with Gasteiger partial charge in [-0.25, -0.2) is 0 Å². The summed E-state index contributed by atoms with van der Waals surface area (Å²) >= 11 is 5.49. The zero-order valence-electron chi connectivity index (χ0n) is 11.6. The first kappa shape index (κ1) is 14.9. The zero-order valence-corrected chi connectivity index (χ0v) is 14.0. The monoisotopic (exact) mass is 311 g/mol. The Labute approximate surface area is 128 Å². The number of thiophene rings is 2. The highest BCUT2D eigenvalue weighted by molar-refractivity contribution is 8.01. The third kappa shape index (κ3) is 3.56. The van der Waals surface area contributed by atoms with Crippen molar-refractivity contribution in [1.29, 1.82) is 0 Å². The minimum Gasteiger partial charge on any atom is -0.390 e. The van der Waals surface area contributed by atoms with E-state index < -0.39 is 0 Å². The number of nitrogens with two attached hydrogens (primary N) is 1. The van der Waals surface area contributed by atoms with E-state index in [2.05, 4.69) is 30.7 Å². The van der Waals surface area contributed by atoms with E-state index in [1.165, 1.54) is 45.9 Å². The first-order valence-corrected chi connectivity index (χ1v) is 9.58. The van der Waals surface area contributed by atoms with Gasteiger partial charge in [-0.1, -0.05) is 26.7 Å². The van der Waals surface area contributed by atoms with E-state index in [9.17, 15) is 0 Å². The van der Waals surface area contributed by atoms with Gasteiger partial charge >= 0.3 is 0 Å². The van der Waals surface area contributed by atoms with Gasteiger partial charge in [-0.05, 0) is 46.5 Å². The van der Waals surface area contributed by atoms with E-state index in [1.54, 1.807) is 22.7 Å². The number of unbranched alkanes of at least 4 members (excludes halogenated alkanes) is 2. The Balaban J connectivity index is 2.19. The molecular formula is C15H21NS3. The van der Waals surface area contributed by atoms with Crippen molar-refractivity contribution in [1.82, 2.24) is 0 Å². The van der Waals surface area contributed by atoms with Gasteiger partial charge < -0.3 is 5.73 Å². The molecule has 0 radical (unpaired) electrons. The third-order valence-electron chi connectivity index (χ3n) is 3.14. The molecule has 0 aliphatic carbocycles. The van der Waals surface area contributed by atoms with E-state index >= 15 is 0 Å². The lowest BCUT2D eigenvalue weighted by Gasteiger charge is -2.04. The molecule has 2 heterocycles. The number of rotatable bonds is 7. The van der Waals surface area contributed by atoms with Gasteiger partial charge in [0, 0.05) is 5.56 Å². The lowest BCUT2D eigenvalue weighted by atomic mass is 10.1. The summed E-state index contributed by atoms with van der Waals surface area (Å²) in [5.74, 6) is 1.21. The van der Waals surface area contributed by atoms with Gasteiger partial charge in [-0.2, -0.15) is 11.3 Å². The lowest BCUT2D eigenvalue weighted by molar-refractivity contribution is 0.778. The maximum absolute atomic E-state index is 6.25. The summed E-state index contributed by atoms with van der Waals surface area (Å²) in [6, 6.07) is 2.17. The highest BCUT2D eigenvalue weighted by atomic mass is 32.2. The van der Waals surface area contributed by atoms with Crippen molar-refractivity contribution < 1.29 is 0 Å². The quantitative estimate of drug-likeness (QED) is 0.508. The summed E-state index contributed by atoms with van der Waals surface area (Å²) in [6.45, 7) is 4.48. The first-order chi connectivity index (χ1) is 9.27. The van der Waals surface area contributed by atoms with Crippen LogP contribution in [-0.4, -0.2) is 5.75 Å². The van der Waals surface area contributed by atoms with Crippen molar-refractivity contribution in [2.24, 2.45) is 0 Å². The number of hydrogen-bond donors (Lipinski definition) is 1. The van der Waals surface area contributed by atoms with Crippen LogP contribution in [0.4, 0.5) is 5.00 Å². The smallest absolute Gasteiger partial charge is 0.0951 e. The predicted octanol–water partition coefficient (Wildman–Crippen LogP) is 5.90. The topological polar surface area (TPSA) is 26.0 Å². The van der Waals surface area contributed by atoms with Crippen LogP contribution in [0.1, 0.15) is 38.7 Å². The predicted molar refractivity (Wildman–Crippen MR) is 91.7 cm³/mol. The number of nitrogen functional groups attached to an aromatic ring is 1. The summed E-state index contributed by atoms with van der Waals surface area (Å²) < 4.78 is 1.43. The summed E-state index contributed by atoms with van der Waals surface area (Å²) in [6.07, 6.45) is 4.98. The molecule has 0 aliphatic rings. The maximum Gasteiger partial charge on any atom is 0.0951 e. The SMILES string of the molecule is CCCCCSc1sc(N)c(-c2ccsc2)c1CC. The van der Waals surface area contributed by atoms with Gasteiger partial charge in [0.2, 0.25) is 0 Å². The summed E-state index contributed by atoms with van der Waals surface area (Å²) in [5.41, 5.74) is 10.3. The van der Waals surface area contributed by atoms with Crippen LogP contribution >= 0.6 is 34.4 Å². The van der Waals surface area contributed by atoms with Crippen LogP contribution in [0.5, 0.6) is 0 Å². The Morgan fingerprint density at radius 2 is 2.11 bits per heavy atom. The molecule has 0 amide bonds. The van der Waals surface area contributed by atoms with Gasteiger partial charge in [0.15, 0.2) is 0 Å². The zero-order chi connectivity index (χ0) is 13.7. The van der Waals surface area contributed by atoms with E-state index in [-0.39, 0.29) is 0 Å². The van der Waals surface area contributed by atoms with Crippen LogP contribution in [-0.2, 0) is 6.42 Å². The molecule has 0 bridgehead atoms. The second-order valence-electron chi connectivity index (χ2n) is 4.53. The van der Waals surface area contributed by atoms with Crippen LogP contribution in [0.25, 0.3) is 11.1 Å². The average Bonchev–Trinajstić information content (AvgIpc) is 3.01. The van der Waals surface area contributed by atoms with E-state index in [0.29, 0.717) is 0 Å².